The zero-order valence-corrected chi connectivity index (χ0v) is 11.9. The molecule has 0 saturated heterocycles. The fourth-order valence-electron chi connectivity index (χ4n) is 2.10. The van der Waals surface area contributed by atoms with Gasteiger partial charge < -0.3 is 10.1 Å². The van der Waals surface area contributed by atoms with Gasteiger partial charge in [0.2, 0.25) is 0 Å². The highest BCUT2D eigenvalue weighted by Gasteiger charge is 2.23. The van der Waals surface area contributed by atoms with Crippen LogP contribution in [-0.2, 0) is 6.54 Å². The molecular weight excluding hydrogens is 224 g/mol. The number of hydrogen-bond acceptors (Lipinski definition) is 3. The van der Waals surface area contributed by atoms with E-state index < -0.39 is 0 Å². The van der Waals surface area contributed by atoms with Crippen molar-refractivity contribution in [1.29, 1.82) is 0 Å². The number of ether oxygens (including phenoxy) is 1. The predicted octanol–water partition coefficient (Wildman–Crippen LogP) is 3.11. The maximum atomic E-state index is 5.81. The Morgan fingerprint density at radius 1 is 1.39 bits per heavy atom. The minimum Gasteiger partial charge on any atom is -0.489 e. The molecule has 2 rings (SSSR count). The van der Waals surface area contributed by atoms with Crippen LogP contribution in [0.2, 0.25) is 0 Å². The standard InChI is InChI=1S/C15H24N2O/c1-5-15(2,3)17(4)11-12-7-6-8-13-14(12)18-10-9-16-13/h6-8,16H,5,9-11H2,1-4H3. The molecule has 0 bridgehead atoms. The van der Waals surface area contributed by atoms with E-state index in [1.165, 1.54) is 5.56 Å². The normalized spacial score (nSPS) is 14.9. The molecule has 0 radical (unpaired) electrons. The number of fused-ring (bicyclic) bond motifs is 1. The maximum absolute atomic E-state index is 5.81. The third kappa shape index (κ3) is 2.61. The van der Waals surface area contributed by atoms with Gasteiger partial charge in [0.15, 0.2) is 0 Å². The van der Waals surface area contributed by atoms with E-state index in [0.717, 1.165) is 37.6 Å². The molecule has 1 aliphatic rings. The minimum absolute atomic E-state index is 0.213. The summed E-state index contributed by atoms with van der Waals surface area (Å²) in [6, 6.07) is 6.35. The van der Waals surface area contributed by atoms with E-state index in [0.29, 0.717) is 0 Å². The van der Waals surface area contributed by atoms with Crippen molar-refractivity contribution in [2.45, 2.75) is 39.3 Å². The van der Waals surface area contributed by atoms with Gasteiger partial charge in [-0.1, -0.05) is 19.1 Å². The van der Waals surface area contributed by atoms with Gasteiger partial charge in [-0.3, -0.25) is 4.90 Å². The average Bonchev–Trinajstić information content (AvgIpc) is 2.39. The Bertz CT molecular complexity index is 415. The maximum Gasteiger partial charge on any atom is 0.146 e. The van der Waals surface area contributed by atoms with Gasteiger partial charge in [0.05, 0.1) is 5.69 Å². The van der Waals surface area contributed by atoms with Crippen LogP contribution in [0.1, 0.15) is 32.8 Å². The fraction of sp³-hybridized carbons (Fsp3) is 0.600. The highest BCUT2D eigenvalue weighted by atomic mass is 16.5. The first-order valence-corrected chi connectivity index (χ1v) is 6.74. The Morgan fingerprint density at radius 3 is 2.89 bits per heavy atom. The Hall–Kier alpha value is -1.22. The molecule has 0 unspecified atom stereocenters. The summed E-state index contributed by atoms with van der Waals surface area (Å²) in [5, 5.41) is 3.39. The molecule has 3 heteroatoms. The number of hydrogen-bond donors (Lipinski definition) is 1. The van der Waals surface area contributed by atoms with Gasteiger partial charge in [-0.15, -0.1) is 0 Å². The molecule has 0 aliphatic carbocycles. The SMILES string of the molecule is CCC(C)(C)N(C)Cc1cccc2c1OCCN2. The lowest BCUT2D eigenvalue weighted by Gasteiger charge is -2.35. The van der Waals surface area contributed by atoms with Crippen LogP contribution in [0.5, 0.6) is 5.75 Å². The van der Waals surface area contributed by atoms with Crippen molar-refractivity contribution in [3.8, 4) is 5.75 Å². The van der Waals surface area contributed by atoms with Crippen LogP contribution >= 0.6 is 0 Å². The molecule has 0 atom stereocenters. The number of anilines is 1. The zero-order valence-electron chi connectivity index (χ0n) is 11.9. The lowest BCUT2D eigenvalue weighted by atomic mass is 9.99. The van der Waals surface area contributed by atoms with Crippen molar-refractivity contribution >= 4 is 5.69 Å². The monoisotopic (exact) mass is 248 g/mol. The van der Waals surface area contributed by atoms with Gasteiger partial charge in [0, 0.05) is 24.2 Å². The number of para-hydroxylation sites is 1. The van der Waals surface area contributed by atoms with Gasteiger partial charge >= 0.3 is 0 Å². The molecule has 0 fully saturated rings. The second-order valence-electron chi connectivity index (χ2n) is 5.59. The molecule has 0 spiro atoms. The van der Waals surface area contributed by atoms with Gasteiger partial charge in [-0.05, 0) is 33.4 Å². The number of rotatable bonds is 4. The molecule has 1 N–H and O–H groups in total. The molecule has 0 saturated carbocycles. The van der Waals surface area contributed by atoms with Crippen molar-refractivity contribution in [3.05, 3.63) is 23.8 Å². The lowest BCUT2D eigenvalue weighted by molar-refractivity contribution is 0.141. The summed E-state index contributed by atoms with van der Waals surface area (Å²) in [5.74, 6) is 1.03. The molecule has 18 heavy (non-hydrogen) atoms. The number of nitrogens with one attached hydrogen (secondary N) is 1. The first-order valence-electron chi connectivity index (χ1n) is 6.74. The van der Waals surface area contributed by atoms with Crippen molar-refractivity contribution in [1.82, 2.24) is 4.90 Å². The highest BCUT2D eigenvalue weighted by Crippen LogP contribution is 2.33. The van der Waals surface area contributed by atoms with Crippen LogP contribution in [0.15, 0.2) is 18.2 Å². The first kappa shape index (κ1) is 13.2. The Balaban J connectivity index is 2.19. The first-order chi connectivity index (χ1) is 8.54. The van der Waals surface area contributed by atoms with Crippen molar-refractivity contribution in [2.24, 2.45) is 0 Å². The summed E-state index contributed by atoms with van der Waals surface area (Å²) in [4.78, 5) is 2.39. The summed E-state index contributed by atoms with van der Waals surface area (Å²) < 4.78 is 5.81. The summed E-state index contributed by atoms with van der Waals surface area (Å²) >= 11 is 0. The summed E-state index contributed by atoms with van der Waals surface area (Å²) in [7, 11) is 2.18. The van der Waals surface area contributed by atoms with E-state index in [4.69, 9.17) is 4.74 Å². The van der Waals surface area contributed by atoms with Gasteiger partial charge in [0.1, 0.15) is 12.4 Å². The minimum atomic E-state index is 0.213. The Labute approximate surface area is 110 Å². The molecule has 3 nitrogen and oxygen atoms in total. The van der Waals surface area contributed by atoms with Crippen molar-refractivity contribution < 1.29 is 4.74 Å². The van der Waals surface area contributed by atoms with Crippen LogP contribution in [0.25, 0.3) is 0 Å². The van der Waals surface area contributed by atoms with Crippen LogP contribution < -0.4 is 10.1 Å². The third-order valence-electron chi connectivity index (χ3n) is 4.07. The topological polar surface area (TPSA) is 24.5 Å². The molecular formula is C15H24N2O. The van der Waals surface area contributed by atoms with Crippen LogP contribution in [0.4, 0.5) is 5.69 Å². The lowest BCUT2D eigenvalue weighted by Crippen LogP contribution is -2.40. The van der Waals surface area contributed by atoms with E-state index in [1.54, 1.807) is 0 Å². The number of nitrogens with zero attached hydrogens (tertiary/aromatic N) is 1. The van der Waals surface area contributed by atoms with E-state index in [2.05, 4.69) is 56.2 Å². The van der Waals surface area contributed by atoms with Crippen LogP contribution in [-0.4, -0.2) is 30.6 Å². The molecule has 1 aromatic carbocycles. The zero-order chi connectivity index (χ0) is 13.2. The smallest absolute Gasteiger partial charge is 0.146 e. The van der Waals surface area contributed by atoms with Crippen molar-refractivity contribution in [2.75, 3.05) is 25.5 Å². The molecule has 1 aliphatic heterocycles. The van der Waals surface area contributed by atoms with E-state index in [9.17, 15) is 0 Å². The van der Waals surface area contributed by atoms with E-state index >= 15 is 0 Å². The average molecular weight is 248 g/mol. The fourth-order valence-corrected chi connectivity index (χ4v) is 2.10. The number of benzene rings is 1. The summed E-state index contributed by atoms with van der Waals surface area (Å²) in [6.07, 6.45) is 1.14. The molecule has 0 amide bonds. The quantitative estimate of drug-likeness (QED) is 0.886. The largest absolute Gasteiger partial charge is 0.489 e. The van der Waals surface area contributed by atoms with E-state index in [1.807, 2.05) is 0 Å². The summed E-state index contributed by atoms with van der Waals surface area (Å²) in [5.41, 5.74) is 2.61. The second-order valence-corrected chi connectivity index (χ2v) is 5.59. The van der Waals surface area contributed by atoms with Gasteiger partial charge in [-0.25, -0.2) is 0 Å². The molecule has 0 aromatic heterocycles. The Morgan fingerprint density at radius 2 is 2.17 bits per heavy atom. The molecule has 1 aromatic rings. The second kappa shape index (κ2) is 5.19. The summed E-state index contributed by atoms with van der Waals surface area (Å²) in [6.45, 7) is 9.36. The van der Waals surface area contributed by atoms with Crippen LogP contribution in [0, 0.1) is 0 Å². The van der Waals surface area contributed by atoms with Crippen molar-refractivity contribution in [3.63, 3.8) is 0 Å². The van der Waals surface area contributed by atoms with Crippen LogP contribution in [0.3, 0.4) is 0 Å². The predicted molar refractivity (Wildman–Crippen MR) is 76.3 cm³/mol. The highest BCUT2D eigenvalue weighted by molar-refractivity contribution is 5.61. The van der Waals surface area contributed by atoms with Gasteiger partial charge in [-0.2, -0.15) is 0 Å². The molecule has 1 heterocycles. The van der Waals surface area contributed by atoms with E-state index in [-0.39, 0.29) is 5.54 Å². The van der Waals surface area contributed by atoms with Gasteiger partial charge in [0.25, 0.3) is 0 Å². The molecule has 100 valence electrons. The third-order valence-corrected chi connectivity index (χ3v) is 4.07. The Kier molecular flexibility index (Phi) is 3.81.